The summed E-state index contributed by atoms with van der Waals surface area (Å²) < 4.78 is 128. The molecule has 0 spiro atoms. The molecule has 4 fully saturated rings. The van der Waals surface area contributed by atoms with Crippen LogP contribution in [0.2, 0.25) is 0 Å². The molecule has 0 aromatic rings. The van der Waals surface area contributed by atoms with Crippen molar-refractivity contribution < 1.29 is 68.5 Å². The lowest BCUT2D eigenvalue weighted by atomic mass is 9.48. The zero-order valence-electron chi connectivity index (χ0n) is 16.5. The Kier molecular flexibility index (Phi) is 5.69. The number of carbonyl (C=O) groups excluding carboxylic acids is 3. The Labute approximate surface area is 179 Å². The molecule has 188 valence electrons. The lowest BCUT2D eigenvalue weighted by molar-refractivity contribution is -0.367. The molecule has 15 heteroatoms. The molecule has 2 atom stereocenters. The van der Waals surface area contributed by atoms with Crippen LogP contribution in [0, 0.1) is 17.3 Å². The molecule has 2 unspecified atom stereocenters. The summed E-state index contributed by atoms with van der Waals surface area (Å²) in [6, 6.07) is 0. The number of aliphatic carboxylic acids is 1. The minimum absolute atomic E-state index is 0.0190. The molecule has 4 aliphatic rings. The molecule has 0 aromatic carbocycles. The quantitative estimate of drug-likeness (QED) is 0.395. The maximum Gasteiger partial charge on any atom is 0.422 e. The highest BCUT2D eigenvalue weighted by atomic mass is 19.4. The first-order chi connectivity index (χ1) is 14.8. The van der Waals surface area contributed by atoms with Crippen molar-refractivity contribution in [2.45, 2.75) is 68.1 Å². The van der Waals surface area contributed by atoms with Gasteiger partial charge in [0.05, 0.1) is 5.41 Å². The summed E-state index contributed by atoms with van der Waals surface area (Å²) in [5.74, 6) is -28.8. The van der Waals surface area contributed by atoms with Crippen LogP contribution in [-0.4, -0.2) is 54.1 Å². The van der Waals surface area contributed by atoms with Crippen molar-refractivity contribution in [3.63, 3.8) is 0 Å². The zero-order chi connectivity index (χ0) is 25.3. The molecule has 0 aromatic heterocycles. The van der Waals surface area contributed by atoms with Crippen LogP contribution in [0.3, 0.4) is 0 Å². The van der Waals surface area contributed by atoms with Crippen LogP contribution >= 0.6 is 0 Å². The van der Waals surface area contributed by atoms with Crippen molar-refractivity contribution in [3.05, 3.63) is 0 Å². The van der Waals surface area contributed by atoms with Crippen LogP contribution in [-0.2, 0) is 23.9 Å². The van der Waals surface area contributed by atoms with E-state index < -0.39 is 77.7 Å². The summed E-state index contributed by atoms with van der Waals surface area (Å²) in [6.07, 6.45) is -5.58. The van der Waals surface area contributed by atoms with E-state index in [9.17, 15) is 59.0 Å². The molecule has 4 rings (SSSR count). The standard InChI is InChI=1S/C18H17F9O6/c19-15(20,21)7-32-11(30)13-2-8-1-9(3-13)5-14(4-8,6-13)33-12(31)17(24,25)18(26,27)16(22,23)10(28)29/h8-9H,1-7H2,(H,28,29)/p-1. The summed E-state index contributed by atoms with van der Waals surface area (Å²) >= 11 is 0. The van der Waals surface area contributed by atoms with E-state index in [1.165, 1.54) is 0 Å². The van der Waals surface area contributed by atoms with Gasteiger partial charge in [-0.3, -0.25) is 4.79 Å². The lowest BCUT2D eigenvalue weighted by Gasteiger charge is -2.59. The van der Waals surface area contributed by atoms with Gasteiger partial charge in [-0.2, -0.15) is 39.5 Å². The maximum atomic E-state index is 14.0. The van der Waals surface area contributed by atoms with Gasteiger partial charge in [-0.25, -0.2) is 4.79 Å². The molecule has 4 saturated carbocycles. The van der Waals surface area contributed by atoms with Crippen LogP contribution in [0.5, 0.6) is 0 Å². The van der Waals surface area contributed by atoms with Gasteiger partial charge in [-0.15, -0.1) is 0 Å². The third-order valence-corrected chi connectivity index (χ3v) is 6.42. The van der Waals surface area contributed by atoms with Gasteiger partial charge in [0.1, 0.15) is 11.6 Å². The average Bonchev–Trinajstić information content (AvgIpc) is 2.63. The number of alkyl halides is 9. The molecule has 0 saturated heterocycles. The predicted molar refractivity (Wildman–Crippen MR) is 82.8 cm³/mol. The molecular weight excluding hydrogens is 483 g/mol. The summed E-state index contributed by atoms with van der Waals surface area (Å²) in [4.78, 5) is 34.6. The second-order valence-electron chi connectivity index (χ2n) is 9.02. The molecule has 33 heavy (non-hydrogen) atoms. The van der Waals surface area contributed by atoms with Gasteiger partial charge in [0, 0.05) is 6.42 Å². The van der Waals surface area contributed by atoms with Crippen LogP contribution in [0.4, 0.5) is 39.5 Å². The highest BCUT2D eigenvalue weighted by Crippen LogP contribution is 2.63. The number of carbonyl (C=O) groups is 3. The Bertz CT molecular complexity index is 839. The van der Waals surface area contributed by atoms with Gasteiger partial charge >= 0.3 is 35.9 Å². The summed E-state index contributed by atoms with van der Waals surface area (Å²) in [6.45, 7) is -1.93. The molecule has 6 nitrogen and oxygen atoms in total. The van der Waals surface area contributed by atoms with E-state index in [4.69, 9.17) is 0 Å². The van der Waals surface area contributed by atoms with E-state index in [0.717, 1.165) is 0 Å². The number of rotatable bonds is 7. The van der Waals surface area contributed by atoms with E-state index in [1.54, 1.807) is 0 Å². The molecule has 0 radical (unpaired) electrons. The van der Waals surface area contributed by atoms with Crippen molar-refractivity contribution >= 4 is 17.9 Å². The maximum absolute atomic E-state index is 14.0. The number of carboxylic acid groups (broad SMARTS) is 1. The van der Waals surface area contributed by atoms with Crippen molar-refractivity contribution in [2.24, 2.45) is 17.3 Å². The first kappa shape index (κ1) is 25.4. The second kappa shape index (κ2) is 7.39. The fourth-order valence-electron chi connectivity index (χ4n) is 5.55. The van der Waals surface area contributed by atoms with Crippen molar-refractivity contribution in [2.75, 3.05) is 6.61 Å². The van der Waals surface area contributed by atoms with E-state index in [-0.39, 0.29) is 25.7 Å². The molecule has 0 aliphatic heterocycles. The molecule has 0 amide bonds. The number of hydrogen-bond acceptors (Lipinski definition) is 6. The van der Waals surface area contributed by atoms with Crippen LogP contribution in [0.1, 0.15) is 38.5 Å². The summed E-state index contributed by atoms with van der Waals surface area (Å²) in [7, 11) is 0. The normalized spacial score (nSPS) is 31.9. The number of carboxylic acids is 1. The smallest absolute Gasteiger partial charge is 0.422 e. The molecule has 0 N–H and O–H groups in total. The van der Waals surface area contributed by atoms with Crippen molar-refractivity contribution in [1.29, 1.82) is 0 Å². The Morgan fingerprint density at radius 2 is 1.36 bits per heavy atom. The van der Waals surface area contributed by atoms with E-state index >= 15 is 0 Å². The topological polar surface area (TPSA) is 92.7 Å². The number of hydrogen-bond donors (Lipinski definition) is 0. The average molecular weight is 499 g/mol. The predicted octanol–water partition coefficient (Wildman–Crippen LogP) is 2.63. The Balaban J connectivity index is 1.84. The summed E-state index contributed by atoms with van der Waals surface area (Å²) in [5, 5.41) is 10.2. The number of halogens is 9. The zero-order valence-corrected chi connectivity index (χ0v) is 16.5. The first-order valence-corrected chi connectivity index (χ1v) is 9.59. The minimum Gasteiger partial charge on any atom is -0.544 e. The Morgan fingerprint density at radius 1 is 0.848 bits per heavy atom. The summed E-state index contributed by atoms with van der Waals surface area (Å²) in [5.41, 5.74) is -3.68. The number of esters is 2. The van der Waals surface area contributed by atoms with Gasteiger partial charge in [0.25, 0.3) is 0 Å². The van der Waals surface area contributed by atoms with Gasteiger partial charge in [-0.1, -0.05) is 0 Å². The van der Waals surface area contributed by atoms with Gasteiger partial charge < -0.3 is 19.4 Å². The van der Waals surface area contributed by atoms with Crippen LogP contribution in [0.15, 0.2) is 0 Å². The number of ether oxygens (including phenoxy) is 2. The molecule has 0 heterocycles. The SMILES string of the molecule is O=C(OCC(F)(F)F)C12CC3CC(CC(OC(=O)C(F)(F)C(F)(F)C(F)(F)C(=O)[O-])(C3)C1)C2. The second-order valence-corrected chi connectivity index (χ2v) is 9.02. The fourth-order valence-corrected chi connectivity index (χ4v) is 5.55. The first-order valence-electron chi connectivity index (χ1n) is 9.59. The van der Waals surface area contributed by atoms with Gasteiger partial charge in [0.15, 0.2) is 6.61 Å². The largest absolute Gasteiger partial charge is 0.544 e. The van der Waals surface area contributed by atoms with Gasteiger partial charge in [0.2, 0.25) is 0 Å². The van der Waals surface area contributed by atoms with Crippen LogP contribution < -0.4 is 5.11 Å². The van der Waals surface area contributed by atoms with Crippen molar-refractivity contribution in [1.82, 2.24) is 0 Å². The molecule has 4 bridgehead atoms. The van der Waals surface area contributed by atoms with E-state index in [0.29, 0.717) is 6.42 Å². The monoisotopic (exact) mass is 499 g/mol. The Hall–Kier alpha value is -2.22. The third kappa shape index (κ3) is 4.11. The van der Waals surface area contributed by atoms with E-state index in [1.807, 2.05) is 0 Å². The Morgan fingerprint density at radius 3 is 1.82 bits per heavy atom. The van der Waals surface area contributed by atoms with E-state index in [2.05, 4.69) is 9.47 Å². The highest BCUT2D eigenvalue weighted by molar-refractivity contribution is 5.84. The van der Waals surface area contributed by atoms with Gasteiger partial charge in [-0.05, 0) is 43.9 Å². The molecule has 4 aliphatic carbocycles. The van der Waals surface area contributed by atoms with Crippen LogP contribution in [0.25, 0.3) is 0 Å². The van der Waals surface area contributed by atoms with Crippen molar-refractivity contribution in [3.8, 4) is 0 Å². The lowest BCUT2D eigenvalue weighted by Crippen LogP contribution is -2.66. The minimum atomic E-state index is -6.72. The third-order valence-electron chi connectivity index (χ3n) is 6.42. The highest BCUT2D eigenvalue weighted by Gasteiger charge is 2.77. The fraction of sp³-hybridized carbons (Fsp3) is 0.833. The molecular formula is C18H16F9O6-.